The van der Waals surface area contributed by atoms with Crippen LogP contribution in [0.25, 0.3) is 0 Å². The highest BCUT2D eigenvalue weighted by Gasteiger charge is 2.11. The standard InChI is InChI=1S/C11H22N6/c1-9-10(12)11(16(2)15-9)14-5-8-17-6-3-13-4-7-17/h13-14H,3-8,12H2,1-2H3. The first-order valence-corrected chi connectivity index (χ1v) is 6.14. The summed E-state index contributed by atoms with van der Waals surface area (Å²) in [5, 5.41) is 11.0. The molecule has 2 rings (SSSR count). The minimum Gasteiger partial charge on any atom is -0.394 e. The summed E-state index contributed by atoms with van der Waals surface area (Å²) in [4.78, 5) is 2.45. The third-order valence-corrected chi connectivity index (χ3v) is 3.20. The van der Waals surface area contributed by atoms with Crippen LogP contribution in [0.15, 0.2) is 0 Å². The molecule has 0 unspecified atom stereocenters. The molecule has 1 aromatic rings. The van der Waals surface area contributed by atoms with Gasteiger partial charge >= 0.3 is 0 Å². The molecule has 0 atom stereocenters. The second kappa shape index (κ2) is 5.37. The van der Waals surface area contributed by atoms with Gasteiger partial charge in [0.05, 0.1) is 11.4 Å². The number of hydrogen-bond donors (Lipinski definition) is 3. The molecule has 0 radical (unpaired) electrons. The molecule has 4 N–H and O–H groups in total. The number of piperazine rings is 1. The highest BCUT2D eigenvalue weighted by Crippen LogP contribution is 2.20. The number of rotatable bonds is 4. The van der Waals surface area contributed by atoms with Crippen molar-refractivity contribution in [2.45, 2.75) is 6.92 Å². The van der Waals surface area contributed by atoms with E-state index in [9.17, 15) is 0 Å². The van der Waals surface area contributed by atoms with Gasteiger partial charge in [0.15, 0.2) is 0 Å². The van der Waals surface area contributed by atoms with Gasteiger partial charge < -0.3 is 16.4 Å². The Labute approximate surface area is 102 Å². The third kappa shape index (κ3) is 2.89. The van der Waals surface area contributed by atoms with E-state index in [0.29, 0.717) is 0 Å². The van der Waals surface area contributed by atoms with Gasteiger partial charge in [0.25, 0.3) is 0 Å². The second-order valence-corrected chi connectivity index (χ2v) is 4.49. The van der Waals surface area contributed by atoms with Crippen LogP contribution in [-0.4, -0.2) is 53.9 Å². The van der Waals surface area contributed by atoms with Crippen LogP contribution in [0, 0.1) is 6.92 Å². The molecule has 1 aliphatic rings. The first-order chi connectivity index (χ1) is 8.18. The molecule has 0 bridgehead atoms. The predicted molar refractivity (Wildman–Crippen MR) is 70.2 cm³/mol. The quantitative estimate of drug-likeness (QED) is 0.667. The highest BCUT2D eigenvalue weighted by molar-refractivity contribution is 5.64. The summed E-state index contributed by atoms with van der Waals surface area (Å²) >= 11 is 0. The fourth-order valence-corrected chi connectivity index (χ4v) is 2.15. The summed E-state index contributed by atoms with van der Waals surface area (Å²) in [6.07, 6.45) is 0. The van der Waals surface area contributed by atoms with Gasteiger partial charge in [-0.05, 0) is 6.92 Å². The number of anilines is 2. The summed E-state index contributed by atoms with van der Waals surface area (Å²) in [6, 6.07) is 0. The lowest BCUT2D eigenvalue weighted by molar-refractivity contribution is 0.249. The van der Waals surface area contributed by atoms with Gasteiger partial charge in [-0.1, -0.05) is 0 Å². The lowest BCUT2D eigenvalue weighted by Crippen LogP contribution is -2.45. The zero-order chi connectivity index (χ0) is 12.3. The highest BCUT2D eigenvalue weighted by atomic mass is 15.3. The van der Waals surface area contributed by atoms with Crippen LogP contribution in [-0.2, 0) is 7.05 Å². The van der Waals surface area contributed by atoms with E-state index in [1.165, 1.54) is 0 Å². The van der Waals surface area contributed by atoms with Crippen LogP contribution in [0.4, 0.5) is 11.5 Å². The summed E-state index contributed by atoms with van der Waals surface area (Å²) < 4.78 is 1.81. The van der Waals surface area contributed by atoms with Crippen LogP contribution in [0.1, 0.15) is 5.69 Å². The largest absolute Gasteiger partial charge is 0.394 e. The average Bonchev–Trinajstić information content (AvgIpc) is 2.57. The molecule has 2 heterocycles. The lowest BCUT2D eigenvalue weighted by atomic mass is 10.3. The van der Waals surface area contributed by atoms with E-state index in [0.717, 1.165) is 56.5 Å². The first-order valence-electron chi connectivity index (χ1n) is 6.14. The van der Waals surface area contributed by atoms with Crippen molar-refractivity contribution in [2.75, 3.05) is 50.3 Å². The van der Waals surface area contributed by atoms with Crippen LogP contribution < -0.4 is 16.4 Å². The number of nitrogens with zero attached hydrogens (tertiary/aromatic N) is 3. The van der Waals surface area contributed by atoms with Crippen molar-refractivity contribution < 1.29 is 0 Å². The molecule has 1 aromatic heterocycles. The van der Waals surface area contributed by atoms with E-state index in [2.05, 4.69) is 20.6 Å². The molecule has 1 fully saturated rings. The average molecular weight is 238 g/mol. The molecule has 0 amide bonds. The zero-order valence-electron chi connectivity index (χ0n) is 10.7. The van der Waals surface area contributed by atoms with E-state index in [4.69, 9.17) is 5.73 Å². The van der Waals surface area contributed by atoms with Crippen LogP contribution in [0.3, 0.4) is 0 Å². The van der Waals surface area contributed by atoms with Gasteiger partial charge in [-0.25, -0.2) is 0 Å². The maximum atomic E-state index is 5.95. The molecule has 6 nitrogen and oxygen atoms in total. The molecule has 0 saturated carbocycles. The summed E-state index contributed by atoms with van der Waals surface area (Å²) in [6.45, 7) is 8.31. The van der Waals surface area contributed by atoms with E-state index in [-0.39, 0.29) is 0 Å². The van der Waals surface area contributed by atoms with Gasteiger partial charge in [-0.2, -0.15) is 5.10 Å². The topological polar surface area (TPSA) is 71.1 Å². The molecule has 0 spiro atoms. The van der Waals surface area contributed by atoms with E-state index < -0.39 is 0 Å². The Morgan fingerprint density at radius 3 is 2.71 bits per heavy atom. The minimum absolute atomic E-state index is 0.757. The summed E-state index contributed by atoms with van der Waals surface area (Å²) in [5.74, 6) is 0.928. The Bertz CT molecular complexity index is 366. The van der Waals surface area contributed by atoms with Gasteiger partial charge in [-0.3, -0.25) is 9.58 Å². The Kier molecular flexibility index (Phi) is 3.86. The number of nitrogen functional groups attached to an aromatic ring is 1. The number of aromatic nitrogens is 2. The Hall–Kier alpha value is -1.27. The van der Waals surface area contributed by atoms with Crippen LogP contribution >= 0.6 is 0 Å². The van der Waals surface area contributed by atoms with E-state index in [1.807, 2.05) is 18.7 Å². The van der Waals surface area contributed by atoms with Gasteiger partial charge in [0.2, 0.25) is 0 Å². The summed E-state index contributed by atoms with van der Waals surface area (Å²) in [5.41, 5.74) is 7.60. The smallest absolute Gasteiger partial charge is 0.147 e. The zero-order valence-corrected chi connectivity index (χ0v) is 10.7. The molecule has 96 valence electrons. The molecule has 6 heteroatoms. The molecule has 0 aromatic carbocycles. The summed E-state index contributed by atoms with van der Waals surface area (Å²) in [7, 11) is 1.91. The Balaban J connectivity index is 1.81. The monoisotopic (exact) mass is 238 g/mol. The second-order valence-electron chi connectivity index (χ2n) is 4.49. The number of hydrogen-bond acceptors (Lipinski definition) is 5. The molecule has 17 heavy (non-hydrogen) atoms. The number of nitrogens with one attached hydrogen (secondary N) is 2. The normalized spacial score (nSPS) is 17.3. The maximum Gasteiger partial charge on any atom is 0.147 e. The van der Waals surface area contributed by atoms with Gasteiger partial charge in [0.1, 0.15) is 5.82 Å². The van der Waals surface area contributed by atoms with Crippen molar-refractivity contribution in [3.8, 4) is 0 Å². The van der Waals surface area contributed by atoms with Gasteiger partial charge in [0, 0.05) is 46.3 Å². The van der Waals surface area contributed by atoms with Crippen molar-refractivity contribution in [2.24, 2.45) is 7.05 Å². The van der Waals surface area contributed by atoms with Crippen LogP contribution in [0.2, 0.25) is 0 Å². The first kappa shape index (κ1) is 12.2. The van der Waals surface area contributed by atoms with E-state index in [1.54, 1.807) is 0 Å². The fourth-order valence-electron chi connectivity index (χ4n) is 2.15. The SMILES string of the molecule is Cc1nn(C)c(NCCN2CCNCC2)c1N. The number of nitrogens with two attached hydrogens (primary N) is 1. The van der Waals surface area contributed by atoms with Gasteiger partial charge in [-0.15, -0.1) is 0 Å². The Morgan fingerprint density at radius 1 is 1.41 bits per heavy atom. The third-order valence-electron chi connectivity index (χ3n) is 3.20. The van der Waals surface area contributed by atoms with Crippen LogP contribution in [0.5, 0.6) is 0 Å². The van der Waals surface area contributed by atoms with Crippen molar-refractivity contribution >= 4 is 11.5 Å². The molecular formula is C11H22N6. The number of aryl methyl sites for hydroxylation is 2. The molecule has 0 aliphatic carbocycles. The minimum atomic E-state index is 0.757. The van der Waals surface area contributed by atoms with Crippen molar-refractivity contribution in [3.05, 3.63) is 5.69 Å². The molecule has 1 aliphatic heterocycles. The Morgan fingerprint density at radius 2 is 2.12 bits per heavy atom. The fraction of sp³-hybridized carbons (Fsp3) is 0.727. The van der Waals surface area contributed by atoms with Crippen molar-refractivity contribution in [1.82, 2.24) is 20.0 Å². The predicted octanol–water partition coefficient (Wildman–Crippen LogP) is -0.372. The van der Waals surface area contributed by atoms with Crippen molar-refractivity contribution in [3.63, 3.8) is 0 Å². The van der Waals surface area contributed by atoms with E-state index >= 15 is 0 Å². The maximum absolute atomic E-state index is 5.95. The van der Waals surface area contributed by atoms with Crippen molar-refractivity contribution in [1.29, 1.82) is 0 Å². The molecule has 1 saturated heterocycles. The molecular weight excluding hydrogens is 216 g/mol. The lowest BCUT2D eigenvalue weighted by Gasteiger charge is -2.27.